The lowest BCUT2D eigenvalue weighted by Gasteiger charge is -2.28. The summed E-state index contributed by atoms with van der Waals surface area (Å²) in [7, 11) is 5.00. The van der Waals surface area contributed by atoms with Gasteiger partial charge in [0.2, 0.25) is 5.91 Å². The van der Waals surface area contributed by atoms with E-state index in [1.54, 1.807) is 35.1 Å². The number of nitrogens with one attached hydrogen (secondary N) is 3. The Labute approximate surface area is 271 Å². The zero-order valence-electron chi connectivity index (χ0n) is 26.9. The minimum absolute atomic E-state index is 0.0569. The minimum Gasteiger partial charge on any atom is -0.490 e. The molecule has 0 fully saturated rings. The molecule has 1 atom stereocenters. The number of hydrogen-bond acceptors (Lipinski definition) is 11. The van der Waals surface area contributed by atoms with E-state index in [1.165, 1.54) is 10.8 Å². The zero-order valence-corrected chi connectivity index (χ0v) is 28.5. The monoisotopic (exact) mass is 657 g/mol. The van der Waals surface area contributed by atoms with Crippen LogP contribution in [0.3, 0.4) is 0 Å². The molecule has 1 aromatic rings. The fraction of sp³-hybridized carbons (Fsp3) is 0.677. The van der Waals surface area contributed by atoms with Crippen LogP contribution in [0.2, 0.25) is 0 Å². The number of amides is 2. The van der Waals surface area contributed by atoms with Gasteiger partial charge in [0.1, 0.15) is 19.0 Å². The lowest BCUT2D eigenvalue weighted by molar-refractivity contribution is -0.126. The number of carbonyl (C=O) groups excluding carboxylic acids is 2. The van der Waals surface area contributed by atoms with Gasteiger partial charge in [-0.2, -0.15) is 0 Å². The smallest absolute Gasteiger partial charge is 0.251 e. The van der Waals surface area contributed by atoms with E-state index in [2.05, 4.69) is 27.8 Å². The van der Waals surface area contributed by atoms with Crippen molar-refractivity contribution in [3.63, 3.8) is 0 Å². The zero-order chi connectivity index (χ0) is 32.3. The Balaban J connectivity index is 2.28. The Morgan fingerprint density at radius 2 is 1.64 bits per heavy atom. The van der Waals surface area contributed by atoms with Crippen LogP contribution in [0, 0.1) is 17.8 Å². The largest absolute Gasteiger partial charge is 0.490 e. The lowest BCUT2D eigenvalue weighted by Crippen LogP contribution is -2.33. The van der Waals surface area contributed by atoms with Crippen LogP contribution in [-0.4, -0.2) is 116 Å². The summed E-state index contributed by atoms with van der Waals surface area (Å²) >= 11 is 0. The van der Waals surface area contributed by atoms with Crippen LogP contribution in [0.1, 0.15) is 37.6 Å². The lowest BCUT2D eigenvalue weighted by atomic mass is 10.2. The van der Waals surface area contributed by atoms with Crippen molar-refractivity contribution >= 4 is 33.4 Å². The quantitative estimate of drug-likeness (QED) is 0.0590. The molecule has 0 aliphatic rings. The second-order valence-corrected chi connectivity index (χ2v) is 12.8. The second-order valence-electron chi connectivity index (χ2n) is 9.90. The highest BCUT2D eigenvalue weighted by molar-refractivity contribution is 8.76. The van der Waals surface area contributed by atoms with Gasteiger partial charge in [0.15, 0.2) is 4.93 Å². The van der Waals surface area contributed by atoms with Gasteiger partial charge in [-0.15, -0.1) is 0 Å². The molecule has 2 amide bonds. The molecule has 0 heterocycles. The van der Waals surface area contributed by atoms with Gasteiger partial charge in [-0.25, -0.2) is 0 Å². The third kappa shape index (κ3) is 21.6. The van der Waals surface area contributed by atoms with Crippen molar-refractivity contribution in [2.75, 3.05) is 99.0 Å². The van der Waals surface area contributed by atoms with Crippen LogP contribution in [0.4, 0.5) is 0 Å². The Kier molecular flexibility index (Phi) is 23.8. The molecular formula is C31H51N3O8S2. The molecule has 0 saturated carbocycles. The summed E-state index contributed by atoms with van der Waals surface area (Å²) < 4.78 is 33.9. The summed E-state index contributed by atoms with van der Waals surface area (Å²) in [5, 5.41) is 8.63. The van der Waals surface area contributed by atoms with Gasteiger partial charge in [-0.3, -0.25) is 9.59 Å². The Morgan fingerprint density at radius 3 is 2.34 bits per heavy atom. The third-order valence-electron chi connectivity index (χ3n) is 5.48. The van der Waals surface area contributed by atoms with Gasteiger partial charge in [0, 0.05) is 24.6 Å². The van der Waals surface area contributed by atoms with Crippen molar-refractivity contribution in [2.45, 2.75) is 32.1 Å². The molecule has 11 nitrogen and oxygen atoms in total. The van der Waals surface area contributed by atoms with Crippen LogP contribution in [0.5, 0.6) is 5.75 Å². The first-order valence-electron chi connectivity index (χ1n) is 14.9. The van der Waals surface area contributed by atoms with Crippen molar-refractivity contribution in [1.82, 2.24) is 16.0 Å². The fourth-order valence-corrected chi connectivity index (χ4v) is 5.31. The molecule has 0 unspecified atom stereocenters. The fourth-order valence-electron chi connectivity index (χ4n) is 3.37. The summed E-state index contributed by atoms with van der Waals surface area (Å²) in [6, 6.07) is 7.00. The van der Waals surface area contributed by atoms with E-state index < -0.39 is 4.93 Å². The average Bonchev–Trinajstić information content (AvgIpc) is 3.00. The maximum absolute atomic E-state index is 12.6. The molecule has 1 aromatic carbocycles. The van der Waals surface area contributed by atoms with Gasteiger partial charge in [-0.1, -0.05) is 53.3 Å². The summed E-state index contributed by atoms with van der Waals surface area (Å²) in [5.41, 5.74) is 0.488. The Hall–Kier alpha value is -2.02. The van der Waals surface area contributed by atoms with E-state index in [0.717, 1.165) is 19.6 Å². The molecular weight excluding hydrogens is 606 g/mol. The molecule has 0 spiro atoms. The predicted molar refractivity (Wildman–Crippen MR) is 177 cm³/mol. The van der Waals surface area contributed by atoms with Crippen LogP contribution < -0.4 is 20.7 Å². The predicted octanol–water partition coefficient (Wildman–Crippen LogP) is 2.99. The summed E-state index contributed by atoms with van der Waals surface area (Å²) in [4.78, 5) is 23.8. The van der Waals surface area contributed by atoms with Gasteiger partial charge in [0.05, 0.1) is 52.8 Å². The number of ether oxygens (including phenoxy) is 6. The standard InChI is InChI=1S/C31H51N3O8S2/c1-26(2)9-7-13-33-29(35)24-40-21-22-42-31(3,44-43-5)25-41-28-11-6-10-27(23-28)30(36)34-14-16-38-18-20-39-19-17-37-15-8-12-32-4/h6,10-11,23,26,32H,8,12-22,24-25H2,1-5H3,(H,33,35)(H,34,36)/t31-/m0/s1. The normalized spacial score (nSPS) is 12.3. The summed E-state index contributed by atoms with van der Waals surface area (Å²) in [5.74, 6) is 6.28. The molecule has 0 bridgehead atoms. The molecule has 0 aliphatic carbocycles. The first kappa shape index (κ1) is 40.0. The first-order valence-corrected chi connectivity index (χ1v) is 17.4. The molecule has 0 saturated heterocycles. The SMILES string of the molecule is CNCCCOCCOCCOCCNC(=O)c1cccc(OC[C@@](C)(OCCOCC(=O)NCC#CC(C)C)SSC)c1. The van der Waals surface area contributed by atoms with Gasteiger partial charge in [-0.05, 0) is 51.4 Å². The Morgan fingerprint density at radius 1 is 0.932 bits per heavy atom. The van der Waals surface area contributed by atoms with Crippen LogP contribution >= 0.6 is 21.6 Å². The molecule has 44 heavy (non-hydrogen) atoms. The van der Waals surface area contributed by atoms with Crippen molar-refractivity contribution in [1.29, 1.82) is 0 Å². The Bertz CT molecular complexity index is 977. The number of carbonyl (C=O) groups is 2. The summed E-state index contributed by atoms with van der Waals surface area (Å²) in [6.07, 6.45) is 2.94. The molecule has 3 N–H and O–H groups in total. The van der Waals surface area contributed by atoms with Crippen LogP contribution in [0.15, 0.2) is 24.3 Å². The van der Waals surface area contributed by atoms with Crippen molar-refractivity contribution in [3.8, 4) is 17.6 Å². The van der Waals surface area contributed by atoms with Crippen LogP contribution in [-0.2, 0) is 28.5 Å². The topological polar surface area (TPSA) is 126 Å². The van der Waals surface area contributed by atoms with Crippen LogP contribution in [0.25, 0.3) is 0 Å². The molecule has 0 radical (unpaired) electrons. The van der Waals surface area contributed by atoms with Gasteiger partial charge < -0.3 is 44.4 Å². The highest BCUT2D eigenvalue weighted by Gasteiger charge is 2.27. The van der Waals surface area contributed by atoms with E-state index in [0.29, 0.717) is 57.4 Å². The minimum atomic E-state index is -0.670. The van der Waals surface area contributed by atoms with E-state index in [1.807, 2.05) is 34.1 Å². The summed E-state index contributed by atoms with van der Waals surface area (Å²) in [6.45, 7) is 11.4. The van der Waals surface area contributed by atoms with Crippen molar-refractivity contribution in [3.05, 3.63) is 29.8 Å². The second kappa shape index (κ2) is 26.2. The van der Waals surface area contributed by atoms with E-state index in [9.17, 15) is 9.59 Å². The van der Waals surface area contributed by atoms with E-state index in [-0.39, 0.29) is 44.2 Å². The third-order valence-corrected chi connectivity index (χ3v) is 7.79. The van der Waals surface area contributed by atoms with E-state index in [4.69, 9.17) is 28.4 Å². The first-order chi connectivity index (χ1) is 21.3. The van der Waals surface area contributed by atoms with Crippen molar-refractivity contribution < 1.29 is 38.0 Å². The number of rotatable bonds is 26. The maximum atomic E-state index is 12.6. The van der Waals surface area contributed by atoms with Gasteiger partial charge in [0.25, 0.3) is 5.91 Å². The maximum Gasteiger partial charge on any atom is 0.251 e. The molecule has 250 valence electrons. The molecule has 13 heteroatoms. The van der Waals surface area contributed by atoms with E-state index >= 15 is 0 Å². The molecule has 1 rings (SSSR count). The highest BCUT2D eigenvalue weighted by atomic mass is 33.1. The highest BCUT2D eigenvalue weighted by Crippen LogP contribution is 2.35. The van der Waals surface area contributed by atoms with Crippen molar-refractivity contribution in [2.24, 2.45) is 5.92 Å². The number of hydrogen-bond donors (Lipinski definition) is 3. The average molecular weight is 658 g/mol. The van der Waals surface area contributed by atoms with Gasteiger partial charge >= 0.3 is 0 Å². The molecule has 0 aromatic heterocycles. The molecule has 0 aliphatic heterocycles. The number of benzene rings is 1.